The lowest BCUT2D eigenvalue weighted by Gasteiger charge is -2.40. The number of hydrogen-bond acceptors (Lipinski definition) is 3. The SMILES string of the molecule is C=CCC(COCc1cc(Br)cc(C(F)(F)F)c1)(O[Si](C)(C)C)c1ccccc1CO[Si](C)(C)C. The second-order valence-corrected chi connectivity index (χ2v) is 20.5. The Morgan fingerprint density at radius 1 is 0.943 bits per heavy atom. The van der Waals surface area contributed by atoms with E-state index in [9.17, 15) is 13.2 Å². The first-order valence-electron chi connectivity index (χ1n) is 11.5. The Morgan fingerprint density at radius 3 is 2.17 bits per heavy atom. The smallest absolute Gasteiger partial charge is 0.413 e. The summed E-state index contributed by atoms with van der Waals surface area (Å²) in [5.41, 5.74) is 0.869. The van der Waals surface area contributed by atoms with Crippen LogP contribution < -0.4 is 0 Å². The minimum atomic E-state index is -4.43. The fourth-order valence-electron chi connectivity index (χ4n) is 3.81. The van der Waals surface area contributed by atoms with Crippen molar-refractivity contribution >= 4 is 32.6 Å². The molecule has 0 heterocycles. The molecule has 0 aromatic heterocycles. The zero-order valence-corrected chi connectivity index (χ0v) is 25.0. The van der Waals surface area contributed by atoms with Crippen molar-refractivity contribution in [2.24, 2.45) is 0 Å². The summed E-state index contributed by atoms with van der Waals surface area (Å²) in [6, 6.07) is 11.8. The predicted molar refractivity (Wildman–Crippen MR) is 144 cm³/mol. The van der Waals surface area contributed by atoms with Gasteiger partial charge in [0, 0.05) is 4.47 Å². The van der Waals surface area contributed by atoms with E-state index < -0.39 is 34.0 Å². The molecule has 0 radical (unpaired) electrons. The van der Waals surface area contributed by atoms with Crippen LogP contribution in [0, 0.1) is 0 Å². The predicted octanol–water partition coefficient (Wildman–Crippen LogP) is 8.66. The van der Waals surface area contributed by atoms with E-state index in [1.54, 1.807) is 12.1 Å². The third-order valence-electron chi connectivity index (χ3n) is 5.03. The van der Waals surface area contributed by atoms with Gasteiger partial charge in [0.05, 0.1) is 25.4 Å². The van der Waals surface area contributed by atoms with E-state index in [0.29, 0.717) is 23.1 Å². The van der Waals surface area contributed by atoms with Crippen molar-refractivity contribution in [3.05, 3.63) is 81.8 Å². The zero-order valence-electron chi connectivity index (χ0n) is 21.4. The van der Waals surface area contributed by atoms with Crippen molar-refractivity contribution in [1.82, 2.24) is 0 Å². The average molecular weight is 590 g/mol. The maximum absolute atomic E-state index is 13.3. The second-order valence-electron chi connectivity index (χ2n) is 10.6. The number of ether oxygens (including phenoxy) is 1. The molecular formula is C26H36BrF3O3Si2. The molecule has 0 saturated carbocycles. The van der Waals surface area contributed by atoms with Gasteiger partial charge in [0.1, 0.15) is 5.60 Å². The molecule has 3 nitrogen and oxygen atoms in total. The number of rotatable bonds is 12. The summed E-state index contributed by atoms with van der Waals surface area (Å²) in [4.78, 5) is 0. The molecule has 35 heavy (non-hydrogen) atoms. The molecule has 2 aromatic rings. The van der Waals surface area contributed by atoms with Crippen LogP contribution in [-0.2, 0) is 38.6 Å². The molecule has 2 aromatic carbocycles. The first-order valence-corrected chi connectivity index (χ1v) is 19.1. The molecule has 0 spiro atoms. The summed E-state index contributed by atoms with van der Waals surface area (Å²) in [6.45, 7) is 17.3. The number of alkyl halides is 3. The average Bonchev–Trinajstić information content (AvgIpc) is 2.70. The number of benzene rings is 2. The van der Waals surface area contributed by atoms with Crippen LogP contribution in [0.25, 0.3) is 0 Å². The molecule has 2 rings (SSSR count). The van der Waals surface area contributed by atoms with Crippen LogP contribution in [0.1, 0.15) is 28.7 Å². The normalized spacial score (nSPS) is 14.6. The van der Waals surface area contributed by atoms with E-state index in [4.69, 9.17) is 13.6 Å². The van der Waals surface area contributed by atoms with Crippen LogP contribution in [0.15, 0.2) is 59.6 Å². The lowest BCUT2D eigenvalue weighted by Crippen LogP contribution is -2.44. The lowest BCUT2D eigenvalue weighted by atomic mass is 9.87. The molecule has 0 fully saturated rings. The molecule has 0 N–H and O–H groups in total. The maximum Gasteiger partial charge on any atom is 0.416 e. The van der Waals surface area contributed by atoms with Gasteiger partial charge in [-0.3, -0.25) is 0 Å². The molecule has 1 unspecified atom stereocenters. The Hall–Kier alpha value is -1.24. The molecule has 0 aliphatic carbocycles. The van der Waals surface area contributed by atoms with Gasteiger partial charge in [0.15, 0.2) is 16.6 Å². The first kappa shape index (κ1) is 30.0. The second kappa shape index (κ2) is 11.9. The van der Waals surface area contributed by atoms with Crippen LogP contribution in [0.2, 0.25) is 39.3 Å². The van der Waals surface area contributed by atoms with Crippen LogP contribution in [0.5, 0.6) is 0 Å². The summed E-state index contributed by atoms with van der Waals surface area (Å²) in [5.74, 6) is 0. The van der Waals surface area contributed by atoms with Gasteiger partial charge in [0.25, 0.3) is 0 Å². The Bertz CT molecular complexity index is 1000. The van der Waals surface area contributed by atoms with E-state index in [0.717, 1.165) is 23.3 Å². The largest absolute Gasteiger partial charge is 0.416 e. The molecule has 0 saturated heterocycles. The zero-order chi connectivity index (χ0) is 26.5. The van der Waals surface area contributed by atoms with Gasteiger partial charge in [-0.2, -0.15) is 13.2 Å². The van der Waals surface area contributed by atoms with Gasteiger partial charge in [-0.15, -0.1) is 6.58 Å². The Balaban J connectivity index is 2.41. The minimum absolute atomic E-state index is 0.0179. The summed E-state index contributed by atoms with van der Waals surface area (Å²) in [6.07, 6.45) is -2.13. The molecule has 9 heteroatoms. The highest BCUT2D eigenvalue weighted by Crippen LogP contribution is 2.37. The summed E-state index contributed by atoms with van der Waals surface area (Å²) < 4.78 is 59.2. The van der Waals surface area contributed by atoms with Crippen molar-refractivity contribution in [2.75, 3.05) is 6.61 Å². The molecule has 0 bridgehead atoms. The van der Waals surface area contributed by atoms with Gasteiger partial charge < -0.3 is 13.6 Å². The van der Waals surface area contributed by atoms with Gasteiger partial charge in [-0.1, -0.05) is 46.3 Å². The quantitative estimate of drug-likeness (QED) is 0.183. The molecule has 194 valence electrons. The van der Waals surface area contributed by atoms with Crippen LogP contribution in [0.3, 0.4) is 0 Å². The highest BCUT2D eigenvalue weighted by atomic mass is 79.9. The van der Waals surface area contributed by atoms with Gasteiger partial charge >= 0.3 is 6.18 Å². The van der Waals surface area contributed by atoms with Gasteiger partial charge in [0.2, 0.25) is 0 Å². The Morgan fingerprint density at radius 2 is 1.60 bits per heavy atom. The molecular weight excluding hydrogens is 553 g/mol. The van der Waals surface area contributed by atoms with Crippen LogP contribution in [-0.4, -0.2) is 23.2 Å². The van der Waals surface area contributed by atoms with Crippen molar-refractivity contribution in [3.63, 3.8) is 0 Å². The van der Waals surface area contributed by atoms with Gasteiger partial charge in [-0.05, 0) is 80.6 Å². The number of halogens is 4. The lowest BCUT2D eigenvalue weighted by molar-refractivity contribution is -0.137. The minimum Gasteiger partial charge on any atom is -0.413 e. The van der Waals surface area contributed by atoms with Crippen LogP contribution in [0.4, 0.5) is 13.2 Å². The summed E-state index contributed by atoms with van der Waals surface area (Å²) >= 11 is 3.18. The monoisotopic (exact) mass is 588 g/mol. The maximum atomic E-state index is 13.3. The highest BCUT2D eigenvalue weighted by molar-refractivity contribution is 9.10. The van der Waals surface area contributed by atoms with E-state index >= 15 is 0 Å². The number of hydrogen-bond donors (Lipinski definition) is 0. The Labute approximate surface area is 218 Å². The third kappa shape index (κ3) is 9.62. The molecule has 0 aliphatic heterocycles. The highest BCUT2D eigenvalue weighted by Gasteiger charge is 2.39. The van der Waals surface area contributed by atoms with Gasteiger partial charge in [-0.25, -0.2) is 0 Å². The van der Waals surface area contributed by atoms with E-state index in [1.165, 1.54) is 0 Å². The van der Waals surface area contributed by atoms with Crippen molar-refractivity contribution in [1.29, 1.82) is 0 Å². The van der Waals surface area contributed by atoms with E-state index in [2.05, 4.69) is 61.8 Å². The van der Waals surface area contributed by atoms with Crippen molar-refractivity contribution in [3.8, 4) is 0 Å². The third-order valence-corrected chi connectivity index (χ3v) is 7.50. The van der Waals surface area contributed by atoms with Crippen molar-refractivity contribution in [2.45, 2.75) is 70.7 Å². The Kier molecular flexibility index (Phi) is 10.2. The van der Waals surface area contributed by atoms with Crippen LogP contribution >= 0.6 is 15.9 Å². The van der Waals surface area contributed by atoms with E-state index in [1.807, 2.05) is 24.3 Å². The fraction of sp³-hybridized carbons (Fsp3) is 0.462. The molecule has 1 atom stereocenters. The standard InChI is InChI=1S/C26H36BrF3O3Si2/c1-8-13-25(33-35(5,6)7,24-12-10-9-11-21(24)18-32-34(2,3)4)19-31-17-20-14-22(26(28,29)30)16-23(27)15-20/h8-12,14-16H,1,13,17-19H2,2-7H3. The topological polar surface area (TPSA) is 27.7 Å². The first-order chi connectivity index (χ1) is 16.0. The fourth-order valence-corrected chi connectivity index (χ4v) is 6.36. The summed E-state index contributed by atoms with van der Waals surface area (Å²) in [7, 11) is -3.85. The van der Waals surface area contributed by atoms with Crippen molar-refractivity contribution < 1.29 is 26.8 Å². The summed E-state index contributed by atoms with van der Waals surface area (Å²) in [5, 5.41) is 0. The molecule has 0 aliphatic rings. The van der Waals surface area contributed by atoms with E-state index in [-0.39, 0.29) is 13.2 Å². The molecule has 0 amide bonds.